The minimum atomic E-state index is -0.853. The summed E-state index contributed by atoms with van der Waals surface area (Å²) in [4.78, 5) is 43.9. The molecule has 2 amide bonds. The number of nitrogens with two attached hydrogens (primary N) is 1. The molecule has 2 fully saturated rings. The van der Waals surface area contributed by atoms with Crippen molar-refractivity contribution >= 4 is 17.8 Å². The standard InChI is InChI=1S/C27H40N4O5/c1-2-3-11-30(14-10-28)25(33)18-31-17-21(19-6-7-23-20(16-19)9-15-36-23)26(27(34)35)22(31)8-13-29-12-4-5-24(29)32/h6-7,16,21-22,26H,2-5,8-15,17-18,28H2,1H3,(H,34,35)/t21-,22+,26?/m1/s1. The molecule has 0 saturated carbocycles. The summed E-state index contributed by atoms with van der Waals surface area (Å²) < 4.78 is 5.65. The van der Waals surface area contributed by atoms with E-state index in [1.807, 2.05) is 21.9 Å². The van der Waals surface area contributed by atoms with Gasteiger partial charge in [0, 0.05) is 64.1 Å². The maximum Gasteiger partial charge on any atom is 0.308 e. The van der Waals surface area contributed by atoms with E-state index in [2.05, 4.69) is 13.0 Å². The predicted octanol–water partition coefficient (Wildman–Crippen LogP) is 1.69. The lowest BCUT2D eigenvalue weighted by Crippen LogP contribution is -2.46. The number of ether oxygens (including phenoxy) is 1. The molecule has 3 aliphatic heterocycles. The number of carbonyl (C=O) groups is 3. The fourth-order valence-electron chi connectivity index (χ4n) is 6.00. The molecule has 9 nitrogen and oxygen atoms in total. The Bertz CT molecular complexity index is 954. The smallest absolute Gasteiger partial charge is 0.308 e. The molecule has 3 heterocycles. The monoisotopic (exact) mass is 500 g/mol. The van der Waals surface area contributed by atoms with Crippen molar-refractivity contribution in [3.63, 3.8) is 0 Å². The molecule has 4 rings (SSSR count). The van der Waals surface area contributed by atoms with Gasteiger partial charge in [-0.25, -0.2) is 0 Å². The number of carboxylic acid groups (broad SMARTS) is 1. The van der Waals surface area contributed by atoms with E-state index in [0.29, 0.717) is 52.2 Å². The fourth-order valence-corrected chi connectivity index (χ4v) is 6.00. The topological polar surface area (TPSA) is 116 Å². The third-order valence-electron chi connectivity index (χ3n) is 7.91. The molecular weight excluding hydrogens is 460 g/mol. The van der Waals surface area contributed by atoms with Gasteiger partial charge in [-0.1, -0.05) is 25.5 Å². The Labute approximate surface area is 213 Å². The molecule has 1 aromatic carbocycles. The third kappa shape index (κ3) is 5.83. The number of fused-ring (bicyclic) bond motifs is 1. The van der Waals surface area contributed by atoms with Crippen molar-refractivity contribution in [2.75, 3.05) is 52.4 Å². The second kappa shape index (κ2) is 12.1. The summed E-state index contributed by atoms with van der Waals surface area (Å²) in [6.07, 6.45) is 4.65. The van der Waals surface area contributed by atoms with Crippen LogP contribution in [-0.2, 0) is 20.8 Å². The van der Waals surface area contributed by atoms with Gasteiger partial charge in [0.05, 0.1) is 19.1 Å². The lowest BCUT2D eigenvalue weighted by molar-refractivity contribution is -0.144. The molecule has 1 unspecified atom stereocenters. The molecule has 9 heteroatoms. The number of rotatable bonds is 12. The number of amides is 2. The normalized spacial score (nSPS) is 23.7. The zero-order chi connectivity index (χ0) is 25.7. The number of nitrogens with zero attached hydrogens (tertiary/aromatic N) is 3. The van der Waals surface area contributed by atoms with Crippen LogP contribution in [0.4, 0.5) is 0 Å². The van der Waals surface area contributed by atoms with E-state index >= 15 is 0 Å². The molecule has 2 saturated heterocycles. The average Bonchev–Trinajstić information content (AvgIpc) is 3.58. The summed E-state index contributed by atoms with van der Waals surface area (Å²) in [5.41, 5.74) is 7.87. The second-order valence-corrected chi connectivity index (χ2v) is 10.2. The van der Waals surface area contributed by atoms with Gasteiger partial charge in [-0.05, 0) is 36.5 Å². The first-order valence-corrected chi connectivity index (χ1v) is 13.4. The van der Waals surface area contributed by atoms with E-state index in [0.717, 1.165) is 49.1 Å². The molecule has 0 aromatic heterocycles. The summed E-state index contributed by atoms with van der Waals surface area (Å²) in [7, 11) is 0. The van der Waals surface area contributed by atoms with Crippen molar-refractivity contribution in [1.29, 1.82) is 0 Å². The van der Waals surface area contributed by atoms with Gasteiger partial charge in [0.1, 0.15) is 5.75 Å². The van der Waals surface area contributed by atoms with Crippen molar-refractivity contribution in [1.82, 2.24) is 14.7 Å². The quantitative estimate of drug-likeness (QED) is 0.449. The lowest BCUT2D eigenvalue weighted by atomic mass is 9.83. The molecule has 0 aliphatic carbocycles. The molecule has 3 atom stereocenters. The highest BCUT2D eigenvalue weighted by molar-refractivity contribution is 5.79. The molecule has 1 aromatic rings. The van der Waals surface area contributed by atoms with Crippen LogP contribution in [0.3, 0.4) is 0 Å². The fraction of sp³-hybridized carbons (Fsp3) is 0.667. The number of unbranched alkanes of at least 4 members (excludes halogenated alkanes) is 1. The van der Waals surface area contributed by atoms with Gasteiger partial charge in [-0.15, -0.1) is 0 Å². The molecule has 198 valence electrons. The summed E-state index contributed by atoms with van der Waals surface area (Å²) in [6.45, 7) is 6.18. The maximum absolute atomic E-state index is 13.3. The van der Waals surface area contributed by atoms with Crippen LogP contribution in [-0.4, -0.2) is 96.1 Å². The number of carboxylic acids is 1. The van der Waals surface area contributed by atoms with Crippen LogP contribution in [0, 0.1) is 5.92 Å². The minimum Gasteiger partial charge on any atom is -0.493 e. The first kappa shape index (κ1) is 26.4. The van der Waals surface area contributed by atoms with Crippen LogP contribution in [0.1, 0.15) is 56.1 Å². The van der Waals surface area contributed by atoms with Crippen LogP contribution in [0.25, 0.3) is 0 Å². The molecular formula is C27H40N4O5. The van der Waals surface area contributed by atoms with Crippen LogP contribution in [0.15, 0.2) is 18.2 Å². The Morgan fingerprint density at radius 2 is 2.08 bits per heavy atom. The Hall–Kier alpha value is -2.65. The molecule has 0 radical (unpaired) electrons. The average molecular weight is 501 g/mol. The lowest BCUT2D eigenvalue weighted by Gasteiger charge is -2.30. The predicted molar refractivity (Wildman–Crippen MR) is 136 cm³/mol. The largest absolute Gasteiger partial charge is 0.493 e. The Morgan fingerprint density at radius 3 is 2.78 bits per heavy atom. The number of carbonyl (C=O) groups excluding carboxylic acids is 2. The first-order chi connectivity index (χ1) is 17.4. The highest BCUT2D eigenvalue weighted by atomic mass is 16.5. The number of benzene rings is 1. The Morgan fingerprint density at radius 1 is 1.25 bits per heavy atom. The SMILES string of the molecule is CCCCN(CCN)C(=O)CN1C[C@H](c2ccc3c(c2)CCO3)C(C(=O)O)[C@@H]1CCN1CCCC1=O. The van der Waals surface area contributed by atoms with Gasteiger partial charge in [0.15, 0.2) is 0 Å². The minimum absolute atomic E-state index is 0.0108. The zero-order valence-corrected chi connectivity index (χ0v) is 21.4. The second-order valence-electron chi connectivity index (χ2n) is 10.2. The van der Waals surface area contributed by atoms with Gasteiger partial charge in [-0.3, -0.25) is 19.3 Å². The number of likely N-dealkylation sites (tertiary alicyclic amines) is 2. The molecule has 36 heavy (non-hydrogen) atoms. The Kier molecular flexibility index (Phi) is 8.85. The van der Waals surface area contributed by atoms with Crippen LogP contribution in [0.2, 0.25) is 0 Å². The Balaban J connectivity index is 1.57. The van der Waals surface area contributed by atoms with Gasteiger partial charge < -0.3 is 25.4 Å². The highest BCUT2D eigenvalue weighted by Crippen LogP contribution is 2.41. The highest BCUT2D eigenvalue weighted by Gasteiger charge is 2.47. The van der Waals surface area contributed by atoms with E-state index in [4.69, 9.17) is 10.5 Å². The molecule has 0 spiro atoms. The van der Waals surface area contributed by atoms with Crippen molar-refractivity contribution in [3.05, 3.63) is 29.3 Å². The number of hydrogen-bond donors (Lipinski definition) is 2. The van der Waals surface area contributed by atoms with Crippen molar-refractivity contribution in [3.8, 4) is 5.75 Å². The summed E-state index contributed by atoms with van der Waals surface area (Å²) >= 11 is 0. The van der Waals surface area contributed by atoms with Crippen molar-refractivity contribution < 1.29 is 24.2 Å². The van der Waals surface area contributed by atoms with E-state index in [1.54, 1.807) is 4.90 Å². The zero-order valence-electron chi connectivity index (χ0n) is 21.4. The van der Waals surface area contributed by atoms with Gasteiger partial charge in [-0.2, -0.15) is 0 Å². The van der Waals surface area contributed by atoms with Crippen molar-refractivity contribution in [2.45, 2.75) is 57.4 Å². The van der Waals surface area contributed by atoms with Gasteiger partial charge in [0.2, 0.25) is 11.8 Å². The van der Waals surface area contributed by atoms with E-state index in [-0.39, 0.29) is 30.3 Å². The van der Waals surface area contributed by atoms with Gasteiger partial charge in [0.25, 0.3) is 0 Å². The van der Waals surface area contributed by atoms with Crippen LogP contribution >= 0.6 is 0 Å². The van der Waals surface area contributed by atoms with Crippen LogP contribution < -0.4 is 10.5 Å². The first-order valence-electron chi connectivity index (χ1n) is 13.4. The molecule has 3 N–H and O–H groups in total. The summed E-state index contributed by atoms with van der Waals surface area (Å²) in [5.74, 6) is -0.759. The summed E-state index contributed by atoms with van der Waals surface area (Å²) in [6, 6.07) is 5.66. The van der Waals surface area contributed by atoms with Crippen molar-refractivity contribution in [2.24, 2.45) is 11.7 Å². The van der Waals surface area contributed by atoms with Gasteiger partial charge >= 0.3 is 5.97 Å². The number of aliphatic carboxylic acids is 1. The third-order valence-corrected chi connectivity index (χ3v) is 7.91. The maximum atomic E-state index is 13.3. The van der Waals surface area contributed by atoms with Crippen LogP contribution in [0.5, 0.6) is 5.75 Å². The van der Waals surface area contributed by atoms with E-state index in [9.17, 15) is 19.5 Å². The summed E-state index contributed by atoms with van der Waals surface area (Å²) in [5, 5.41) is 10.4. The molecule has 3 aliphatic rings. The van der Waals surface area contributed by atoms with E-state index in [1.165, 1.54) is 0 Å². The number of hydrogen-bond acceptors (Lipinski definition) is 6. The van der Waals surface area contributed by atoms with E-state index < -0.39 is 11.9 Å². The molecule has 0 bridgehead atoms.